The summed E-state index contributed by atoms with van der Waals surface area (Å²) in [5, 5.41) is 0.515. The van der Waals surface area contributed by atoms with E-state index < -0.39 is 15.0 Å². The molecule has 0 heterocycles. The zero-order valence-corrected chi connectivity index (χ0v) is 14.1. The van der Waals surface area contributed by atoms with E-state index in [1.165, 1.54) is 12.1 Å². The van der Waals surface area contributed by atoms with Gasteiger partial charge in [0.1, 0.15) is 21.6 Å². The summed E-state index contributed by atoms with van der Waals surface area (Å²) in [4.78, 5) is -0.498. The summed E-state index contributed by atoms with van der Waals surface area (Å²) in [5.41, 5.74) is 5.63. The van der Waals surface area contributed by atoms with Gasteiger partial charge in [-0.05, 0) is 42.5 Å². The number of nitrogens with two attached hydrogens (primary N) is 1. The summed E-state index contributed by atoms with van der Waals surface area (Å²) in [6.07, 6.45) is 0. The molecule has 0 aliphatic heterocycles. The Morgan fingerprint density at radius 3 is 2.25 bits per heavy atom. The van der Waals surface area contributed by atoms with Gasteiger partial charge in [0, 0.05) is 10.7 Å². The summed E-state index contributed by atoms with van der Waals surface area (Å²) in [5.74, 6) is 0.283. The maximum Gasteiger partial charge on any atom is 1.00 e. The Morgan fingerprint density at radius 2 is 1.70 bits per heavy atom. The fourth-order valence-corrected chi connectivity index (χ4v) is 2.20. The third kappa shape index (κ3) is 4.37. The van der Waals surface area contributed by atoms with E-state index in [0.29, 0.717) is 10.8 Å². The minimum absolute atomic E-state index is 0. The van der Waals surface area contributed by atoms with E-state index in [1.807, 2.05) is 0 Å². The van der Waals surface area contributed by atoms with Gasteiger partial charge in [0.05, 0.1) is 4.90 Å². The Kier molecular flexibility index (Phi) is 5.88. The third-order valence-electron chi connectivity index (χ3n) is 2.28. The molecule has 0 radical (unpaired) electrons. The molecule has 0 fully saturated rings. The molecule has 2 aromatic carbocycles. The Labute approximate surface area is 143 Å². The predicted molar refractivity (Wildman–Crippen MR) is 70.3 cm³/mol. The van der Waals surface area contributed by atoms with E-state index in [0.717, 1.165) is 6.07 Å². The summed E-state index contributed by atoms with van der Waals surface area (Å²) >= 11 is 5.72. The molecule has 2 N–H and O–H groups in total. The van der Waals surface area contributed by atoms with Gasteiger partial charge in [-0.25, -0.2) is 8.42 Å². The van der Waals surface area contributed by atoms with Gasteiger partial charge in [-0.3, -0.25) is 0 Å². The van der Waals surface area contributed by atoms with Crippen LogP contribution in [0.1, 0.15) is 0 Å². The molecule has 0 saturated heterocycles. The SMILES string of the molecule is Nc1ccc(Oc2ccc(Cl)cc2)c(S(=O)(=O)[O-])c1.[Na+]. The van der Waals surface area contributed by atoms with Gasteiger partial charge < -0.3 is 15.0 Å². The molecule has 0 bridgehead atoms. The van der Waals surface area contributed by atoms with Gasteiger partial charge in [0.25, 0.3) is 0 Å². The van der Waals surface area contributed by atoms with Crippen molar-refractivity contribution in [1.29, 1.82) is 0 Å². The van der Waals surface area contributed by atoms with Crippen molar-refractivity contribution in [1.82, 2.24) is 0 Å². The molecule has 2 rings (SSSR count). The first-order chi connectivity index (χ1) is 8.86. The third-order valence-corrected chi connectivity index (χ3v) is 3.39. The first-order valence-corrected chi connectivity index (χ1v) is 6.94. The van der Waals surface area contributed by atoms with Crippen LogP contribution in [0.5, 0.6) is 11.5 Å². The first-order valence-electron chi connectivity index (χ1n) is 5.15. The number of hydrogen-bond donors (Lipinski definition) is 1. The fourth-order valence-electron chi connectivity index (χ4n) is 1.43. The van der Waals surface area contributed by atoms with Crippen LogP contribution in [-0.2, 0) is 10.1 Å². The molecule has 0 aliphatic rings. The second-order valence-electron chi connectivity index (χ2n) is 3.72. The Balaban J connectivity index is 0.00000200. The Hall–Kier alpha value is -0.760. The second-order valence-corrected chi connectivity index (χ2v) is 5.50. The summed E-state index contributed by atoms with van der Waals surface area (Å²) in [7, 11) is -4.67. The van der Waals surface area contributed by atoms with Crippen LogP contribution in [-0.4, -0.2) is 13.0 Å². The van der Waals surface area contributed by atoms with E-state index in [1.54, 1.807) is 24.3 Å². The van der Waals surface area contributed by atoms with Crippen LogP contribution in [0.2, 0.25) is 5.02 Å². The van der Waals surface area contributed by atoms with Crippen LogP contribution in [0, 0.1) is 0 Å². The molecule has 20 heavy (non-hydrogen) atoms. The van der Waals surface area contributed by atoms with E-state index in [9.17, 15) is 13.0 Å². The van der Waals surface area contributed by atoms with Crippen LogP contribution in [0.15, 0.2) is 47.4 Å². The number of anilines is 1. The van der Waals surface area contributed by atoms with Crippen molar-refractivity contribution >= 4 is 27.4 Å². The molecular weight excluding hydrogens is 313 g/mol. The van der Waals surface area contributed by atoms with E-state index >= 15 is 0 Å². The number of ether oxygens (including phenoxy) is 1. The van der Waals surface area contributed by atoms with Gasteiger partial charge in [0.15, 0.2) is 0 Å². The van der Waals surface area contributed by atoms with Gasteiger partial charge in [0.2, 0.25) is 0 Å². The zero-order valence-electron chi connectivity index (χ0n) is 10.5. The van der Waals surface area contributed by atoms with Crippen molar-refractivity contribution in [2.45, 2.75) is 4.90 Å². The van der Waals surface area contributed by atoms with Gasteiger partial charge in [-0.1, -0.05) is 11.6 Å². The van der Waals surface area contributed by atoms with Crippen LogP contribution >= 0.6 is 11.6 Å². The minimum Gasteiger partial charge on any atom is -0.744 e. The summed E-state index contributed by atoms with van der Waals surface area (Å²) < 4.78 is 38.8. The molecule has 0 atom stereocenters. The smallest absolute Gasteiger partial charge is 0.744 e. The normalized spacial score (nSPS) is 10.7. The molecule has 8 heteroatoms. The molecule has 100 valence electrons. The van der Waals surface area contributed by atoms with E-state index in [4.69, 9.17) is 22.1 Å². The van der Waals surface area contributed by atoms with Crippen molar-refractivity contribution in [3.8, 4) is 11.5 Å². The van der Waals surface area contributed by atoms with Crippen molar-refractivity contribution in [3.63, 3.8) is 0 Å². The first kappa shape index (κ1) is 17.3. The number of benzene rings is 2. The topological polar surface area (TPSA) is 92.5 Å². The summed E-state index contributed by atoms with van der Waals surface area (Å²) in [6.45, 7) is 0. The minimum atomic E-state index is -4.67. The molecule has 0 spiro atoms. The number of rotatable bonds is 3. The maximum atomic E-state index is 11.1. The van der Waals surface area contributed by atoms with Gasteiger partial charge in [-0.2, -0.15) is 0 Å². The molecule has 2 aromatic rings. The van der Waals surface area contributed by atoms with E-state index in [-0.39, 0.29) is 41.0 Å². The van der Waals surface area contributed by atoms with Crippen LogP contribution in [0.3, 0.4) is 0 Å². The molecule has 0 unspecified atom stereocenters. The second kappa shape index (κ2) is 6.80. The monoisotopic (exact) mass is 321 g/mol. The predicted octanol–water partition coefficient (Wildman–Crippen LogP) is -0.377. The Morgan fingerprint density at radius 1 is 1.10 bits per heavy atom. The average Bonchev–Trinajstić information content (AvgIpc) is 2.33. The number of halogens is 1. The van der Waals surface area contributed by atoms with Crippen LogP contribution in [0.4, 0.5) is 5.69 Å². The van der Waals surface area contributed by atoms with Crippen LogP contribution < -0.4 is 40.0 Å². The number of hydrogen-bond acceptors (Lipinski definition) is 5. The quantitative estimate of drug-likeness (QED) is 0.473. The van der Waals surface area contributed by atoms with Crippen molar-refractivity contribution in [2.24, 2.45) is 0 Å². The van der Waals surface area contributed by atoms with Crippen molar-refractivity contribution < 1.29 is 47.3 Å². The standard InChI is InChI=1S/C12H10ClNO4S.Na/c13-8-1-4-10(5-2-8)18-11-6-3-9(14)7-12(11)19(15,16)17;/h1-7H,14H2,(H,15,16,17);/q;+1/p-1. The van der Waals surface area contributed by atoms with Crippen LogP contribution in [0.25, 0.3) is 0 Å². The molecule has 0 saturated carbocycles. The average molecular weight is 322 g/mol. The molecule has 0 aliphatic carbocycles. The Bertz CT molecular complexity index is 704. The van der Waals surface area contributed by atoms with Gasteiger partial charge in [-0.15, -0.1) is 0 Å². The molecule has 5 nitrogen and oxygen atoms in total. The number of nitrogen functional groups attached to an aromatic ring is 1. The molecule has 0 aromatic heterocycles. The maximum absolute atomic E-state index is 11.1. The van der Waals surface area contributed by atoms with E-state index in [2.05, 4.69) is 0 Å². The largest absolute Gasteiger partial charge is 1.00 e. The zero-order chi connectivity index (χ0) is 14.0. The summed E-state index contributed by atoms with van der Waals surface area (Å²) in [6, 6.07) is 10.1. The molecular formula is C12H9ClNNaO4S. The van der Waals surface area contributed by atoms with Gasteiger partial charge >= 0.3 is 29.6 Å². The van der Waals surface area contributed by atoms with Crippen molar-refractivity contribution in [2.75, 3.05) is 5.73 Å². The fraction of sp³-hybridized carbons (Fsp3) is 0. The van der Waals surface area contributed by atoms with Crippen molar-refractivity contribution in [3.05, 3.63) is 47.5 Å². The molecule has 0 amide bonds.